The summed E-state index contributed by atoms with van der Waals surface area (Å²) in [4.78, 5) is 12.1. The molecular weight excluding hydrogens is 326 g/mol. The van der Waals surface area contributed by atoms with Gasteiger partial charge >= 0.3 is 0 Å². The molecule has 0 bridgehead atoms. The molecule has 0 aliphatic carbocycles. The van der Waals surface area contributed by atoms with Crippen molar-refractivity contribution in [3.05, 3.63) is 69.2 Å². The predicted molar refractivity (Wildman–Crippen MR) is 92.6 cm³/mol. The van der Waals surface area contributed by atoms with Gasteiger partial charge in [0.15, 0.2) is 0 Å². The van der Waals surface area contributed by atoms with Gasteiger partial charge in [-0.25, -0.2) is 0 Å². The summed E-state index contributed by atoms with van der Waals surface area (Å²) in [5.41, 5.74) is 4.07. The number of rotatable bonds is 3. The third kappa shape index (κ3) is 5.72. The van der Waals surface area contributed by atoms with Crippen LogP contribution in [0.15, 0.2) is 46.9 Å². The van der Waals surface area contributed by atoms with E-state index in [1.807, 2.05) is 70.2 Å². The van der Waals surface area contributed by atoms with Crippen molar-refractivity contribution >= 4 is 21.8 Å². The molecule has 21 heavy (non-hydrogen) atoms. The molecule has 3 heteroatoms. The van der Waals surface area contributed by atoms with Gasteiger partial charge in [0, 0.05) is 16.6 Å². The lowest BCUT2D eigenvalue weighted by atomic mass is 10.1. The van der Waals surface area contributed by atoms with Crippen molar-refractivity contribution < 1.29 is 4.79 Å². The molecule has 1 N–H and O–H groups in total. The van der Waals surface area contributed by atoms with Crippen molar-refractivity contribution in [1.29, 1.82) is 0 Å². The first-order chi connectivity index (χ1) is 10.0. The van der Waals surface area contributed by atoms with Gasteiger partial charge in [0.1, 0.15) is 0 Å². The number of aryl methyl sites for hydroxylation is 2. The van der Waals surface area contributed by atoms with E-state index in [0.717, 1.165) is 15.6 Å². The van der Waals surface area contributed by atoms with Crippen LogP contribution in [0.3, 0.4) is 0 Å². The van der Waals surface area contributed by atoms with E-state index in [4.69, 9.17) is 0 Å². The number of benzene rings is 2. The Bertz CT molecular complexity index is 570. The fourth-order valence-electron chi connectivity index (χ4n) is 1.86. The van der Waals surface area contributed by atoms with Gasteiger partial charge in [0.25, 0.3) is 5.91 Å². The lowest BCUT2D eigenvalue weighted by Crippen LogP contribution is -2.22. The zero-order valence-electron chi connectivity index (χ0n) is 13.0. The van der Waals surface area contributed by atoms with Crippen molar-refractivity contribution in [1.82, 2.24) is 5.32 Å². The predicted octanol–water partition coefficient (Wildman–Crippen LogP) is 5.02. The molecule has 1 amide bonds. The Morgan fingerprint density at radius 1 is 1.00 bits per heavy atom. The van der Waals surface area contributed by atoms with E-state index in [1.165, 1.54) is 5.56 Å². The van der Waals surface area contributed by atoms with Crippen LogP contribution >= 0.6 is 15.9 Å². The maximum absolute atomic E-state index is 12.1. The van der Waals surface area contributed by atoms with Gasteiger partial charge in [0.2, 0.25) is 0 Å². The lowest BCUT2D eigenvalue weighted by Gasteiger charge is -2.07. The van der Waals surface area contributed by atoms with Crippen LogP contribution in [0.5, 0.6) is 0 Å². The highest BCUT2D eigenvalue weighted by Crippen LogP contribution is 2.15. The maximum Gasteiger partial charge on any atom is 0.251 e. The molecule has 0 atom stereocenters. The fourth-order valence-corrected chi connectivity index (χ4v) is 2.47. The molecule has 0 aromatic heterocycles. The maximum atomic E-state index is 12.1. The highest BCUT2D eigenvalue weighted by molar-refractivity contribution is 9.10. The summed E-state index contributed by atoms with van der Waals surface area (Å²) in [6.07, 6.45) is 0. The van der Waals surface area contributed by atoms with Crippen molar-refractivity contribution in [3.63, 3.8) is 0 Å². The second kappa shape index (κ2) is 8.63. The van der Waals surface area contributed by atoms with Crippen LogP contribution in [-0.2, 0) is 6.54 Å². The molecule has 0 unspecified atom stereocenters. The summed E-state index contributed by atoms with van der Waals surface area (Å²) in [5.74, 6) is -0.0509. The SMILES string of the molecule is CC.Cc1ccc(CNC(=O)c2cc(C)cc(Br)c2)cc1. The topological polar surface area (TPSA) is 29.1 Å². The van der Waals surface area contributed by atoms with Gasteiger partial charge in [-0.2, -0.15) is 0 Å². The largest absolute Gasteiger partial charge is 0.348 e. The smallest absolute Gasteiger partial charge is 0.251 e. The molecule has 0 heterocycles. The number of halogens is 1. The summed E-state index contributed by atoms with van der Waals surface area (Å²) in [6, 6.07) is 13.8. The normalized spacial score (nSPS) is 9.57. The van der Waals surface area contributed by atoms with Gasteiger partial charge in [-0.15, -0.1) is 0 Å². The van der Waals surface area contributed by atoms with Crippen LogP contribution in [0.1, 0.15) is 40.9 Å². The molecule has 0 saturated carbocycles. The number of hydrogen-bond acceptors (Lipinski definition) is 1. The van der Waals surface area contributed by atoms with E-state index >= 15 is 0 Å². The number of carbonyl (C=O) groups is 1. The lowest BCUT2D eigenvalue weighted by molar-refractivity contribution is 0.0951. The summed E-state index contributed by atoms with van der Waals surface area (Å²) in [7, 11) is 0. The number of nitrogens with one attached hydrogen (secondary N) is 1. The van der Waals surface area contributed by atoms with Crippen LogP contribution in [0.4, 0.5) is 0 Å². The van der Waals surface area contributed by atoms with Crippen molar-refractivity contribution in [2.75, 3.05) is 0 Å². The van der Waals surface area contributed by atoms with Gasteiger partial charge in [-0.05, 0) is 43.2 Å². The second-order valence-electron chi connectivity index (χ2n) is 4.69. The van der Waals surface area contributed by atoms with Crippen molar-refractivity contribution in [2.45, 2.75) is 34.2 Å². The minimum Gasteiger partial charge on any atom is -0.348 e. The Kier molecular flexibility index (Phi) is 7.17. The highest BCUT2D eigenvalue weighted by atomic mass is 79.9. The molecule has 0 aliphatic heterocycles. The quantitative estimate of drug-likeness (QED) is 0.829. The Morgan fingerprint density at radius 3 is 2.19 bits per heavy atom. The first-order valence-corrected chi connectivity index (χ1v) is 7.95. The van der Waals surface area contributed by atoms with Crippen molar-refractivity contribution in [3.8, 4) is 0 Å². The first-order valence-electron chi connectivity index (χ1n) is 7.15. The van der Waals surface area contributed by atoms with E-state index in [2.05, 4.69) is 21.2 Å². The Labute approximate surface area is 135 Å². The first kappa shape index (κ1) is 17.4. The minimum atomic E-state index is -0.0509. The zero-order chi connectivity index (χ0) is 15.8. The minimum absolute atomic E-state index is 0.0509. The number of carbonyl (C=O) groups excluding carboxylic acids is 1. The summed E-state index contributed by atoms with van der Waals surface area (Å²) >= 11 is 3.41. The monoisotopic (exact) mass is 347 g/mol. The van der Waals surface area contributed by atoms with Crippen molar-refractivity contribution in [2.24, 2.45) is 0 Å². The molecule has 2 aromatic carbocycles. The highest BCUT2D eigenvalue weighted by Gasteiger charge is 2.06. The molecule has 2 aromatic rings. The van der Waals surface area contributed by atoms with Gasteiger partial charge < -0.3 is 5.32 Å². The molecule has 0 aliphatic rings. The van der Waals surface area contributed by atoms with Crippen LogP contribution in [0.2, 0.25) is 0 Å². The number of amides is 1. The zero-order valence-corrected chi connectivity index (χ0v) is 14.6. The van der Waals surface area contributed by atoms with Crippen LogP contribution in [-0.4, -0.2) is 5.91 Å². The number of hydrogen-bond donors (Lipinski definition) is 1. The molecule has 0 fully saturated rings. The van der Waals surface area contributed by atoms with Gasteiger partial charge in [0.05, 0.1) is 0 Å². The average molecular weight is 348 g/mol. The van der Waals surface area contributed by atoms with Gasteiger partial charge in [-0.3, -0.25) is 4.79 Å². The van der Waals surface area contributed by atoms with Crippen LogP contribution < -0.4 is 5.32 Å². The molecular formula is C18H22BrNO. The summed E-state index contributed by atoms with van der Waals surface area (Å²) in [5, 5.41) is 2.93. The van der Waals surface area contributed by atoms with E-state index < -0.39 is 0 Å². The van der Waals surface area contributed by atoms with Crippen LogP contribution in [0, 0.1) is 13.8 Å². The molecule has 0 saturated heterocycles. The third-order valence-corrected chi connectivity index (χ3v) is 3.34. The van der Waals surface area contributed by atoms with Crippen LogP contribution in [0.25, 0.3) is 0 Å². The molecule has 2 rings (SSSR count). The van der Waals surface area contributed by atoms with Gasteiger partial charge in [-0.1, -0.05) is 59.6 Å². The molecule has 112 valence electrons. The third-order valence-electron chi connectivity index (χ3n) is 2.88. The fraction of sp³-hybridized carbons (Fsp3) is 0.278. The Morgan fingerprint density at radius 2 is 1.62 bits per heavy atom. The summed E-state index contributed by atoms with van der Waals surface area (Å²) < 4.78 is 0.924. The Balaban J connectivity index is 0.00000106. The molecule has 0 spiro atoms. The summed E-state index contributed by atoms with van der Waals surface area (Å²) in [6.45, 7) is 8.57. The van der Waals surface area contributed by atoms with E-state index in [9.17, 15) is 4.79 Å². The van der Waals surface area contributed by atoms with E-state index in [0.29, 0.717) is 12.1 Å². The Hall–Kier alpha value is -1.61. The molecule has 0 radical (unpaired) electrons. The molecule has 2 nitrogen and oxygen atoms in total. The average Bonchev–Trinajstić information content (AvgIpc) is 2.47. The van der Waals surface area contributed by atoms with E-state index in [1.54, 1.807) is 0 Å². The standard InChI is InChI=1S/C16H16BrNO.C2H6/c1-11-3-5-13(6-4-11)10-18-16(19)14-7-12(2)8-15(17)9-14;1-2/h3-9H,10H2,1-2H3,(H,18,19);1-2H3. The van der Waals surface area contributed by atoms with E-state index in [-0.39, 0.29) is 5.91 Å². The second-order valence-corrected chi connectivity index (χ2v) is 5.60.